The Kier molecular flexibility index (Phi) is 8.37. The summed E-state index contributed by atoms with van der Waals surface area (Å²) in [6.45, 7) is 6.34. The number of hydrogen-bond acceptors (Lipinski definition) is 7. The maximum absolute atomic E-state index is 12.5. The van der Waals surface area contributed by atoms with Crippen molar-refractivity contribution in [1.29, 1.82) is 0 Å². The van der Waals surface area contributed by atoms with Crippen molar-refractivity contribution in [3.05, 3.63) is 34.5 Å². The van der Waals surface area contributed by atoms with Crippen molar-refractivity contribution in [1.82, 2.24) is 30.5 Å². The summed E-state index contributed by atoms with van der Waals surface area (Å²) in [5.41, 5.74) is 0. The van der Waals surface area contributed by atoms with Gasteiger partial charge in [-0.1, -0.05) is 6.92 Å². The topological polar surface area (TPSA) is 98.6 Å². The molecular weight excluding hydrogens is 400 g/mol. The Balaban J connectivity index is 1.32. The van der Waals surface area contributed by atoms with E-state index < -0.39 is 0 Å². The van der Waals surface area contributed by atoms with E-state index in [0.717, 1.165) is 43.4 Å². The van der Waals surface area contributed by atoms with E-state index in [1.165, 1.54) is 4.88 Å². The molecule has 1 fully saturated rings. The number of anilines is 1. The second-order valence-corrected chi connectivity index (χ2v) is 8.12. The highest BCUT2D eigenvalue weighted by molar-refractivity contribution is 7.11. The van der Waals surface area contributed by atoms with Crippen LogP contribution in [0.5, 0.6) is 0 Å². The highest BCUT2D eigenvalue weighted by Gasteiger charge is 2.22. The lowest BCUT2D eigenvalue weighted by Gasteiger charge is -2.34. The second kappa shape index (κ2) is 11.4. The van der Waals surface area contributed by atoms with Crippen molar-refractivity contribution in [2.75, 3.05) is 51.2 Å². The van der Waals surface area contributed by atoms with Gasteiger partial charge in [-0.25, -0.2) is 15.0 Å². The van der Waals surface area contributed by atoms with Gasteiger partial charge in [0.05, 0.1) is 5.01 Å². The minimum Gasteiger partial charge on any atom is -0.356 e. The standard InChI is InChI=1S/C20H30N8OS/c1-3-16-15-26-17(30-16)5-9-22-19(21-2)23-10-6-18(29)27-11-13-28(14-12-27)20-24-7-4-8-25-20/h4,7-8,15H,3,5-6,9-14H2,1-2H3,(H2,21,22,23). The van der Waals surface area contributed by atoms with Crippen molar-refractivity contribution >= 4 is 29.2 Å². The van der Waals surface area contributed by atoms with Gasteiger partial charge >= 0.3 is 0 Å². The van der Waals surface area contributed by atoms with Crippen LogP contribution in [0.25, 0.3) is 0 Å². The molecule has 0 aliphatic carbocycles. The molecule has 162 valence electrons. The average molecular weight is 431 g/mol. The number of amides is 1. The number of carbonyl (C=O) groups excluding carboxylic acids is 1. The molecule has 0 aromatic carbocycles. The molecule has 3 heterocycles. The van der Waals surface area contributed by atoms with Gasteiger partial charge in [-0.2, -0.15) is 0 Å². The summed E-state index contributed by atoms with van der Waals surface area (Å²) in [4.78, 5) is 35.0. The first-order valence-corrected chi connectivity index (χ1v) is 11.2. The van der Waals surface area contributed by atoms with Crippen molar-refractivity contribution in [3.63, 3.8) is 0 Å². The zero-order valence-electron chi connectivity index (χ0n) is 17.7. The number of aromatic nitrogens is 3. The molecule has 0 saturated carbocycles. The predicted molar refractivity (Wildman–Crippen MR) is 120 cm³/mol. The van der Waals surface area contributed by atoms with E-state index in [0.29, 0.717) is 32.0 Å². The maximum atomic E-state index is 12.5. The van der Waals surface area contributed by atoms with E-state index in [9.17, 15) is 4.79 Å². The van der Waals surface area contributed by atoms with E-state index >= 15 is 0 Å². The summed E-state index contributed by atoms with van der Waals surface area (Å²) in [5, 5.41) is 7.63. The molecule has 1 aliphatic rings. The van der Waals surface area contributed by atoms with E-state index in [2.05, 4.69) is 42.4 Å². The van der Waals surface area contributed by atoms with Gasteiger partial charge in [0, 0.05) is 82.6 Å². The number of guanidine groups is 1. The normalized spacial score (nSPS) is 14.7. The SMILES string of the molecule is CCc1cnc(CCNC(=NC)NCCC(=O)N2CCN(c3ncccn3)CC2)s1. The number of aliphatic imine (C=N–C) groups is 1. The molecule has 10 heteroatoms. The van der Waals surface area contributed by atoms with Crippen molar-refractivity contribution in [2.24, 2.45) is 4.99 Å². The lowest BCUT2D eigenvalue weighted by Crippen LogP contribution is -2.50. The third-order valence-electron chi connectivity index (χ3n) is 4.90. The van der Waals surface area contributed by atoms with Crippen LogP contribution in [0.2, 0.25) is 0 Å². The summed E-state index contributed by atoms with van der Waals surface area (Å²) in [6, 6.07) is 1.81. The monoisotopic (exact) mass is 430 g/mol. The number of aryl methyl sites for hydroxylation is 1. The van der Waals surface area contributed by atoms with E-state index in [4.69, 9.17) is 0 Å². The fourth-order valence-electron chi connectivity index (χ4n) is 3.19. The van der Waals surface area contributed by atoms with Gasteiger partial charge < -0.3 is 20.4 Å². The highest BCUT2D eigenvalue weighted by Crippen LogP contribution is 2.13. The molecule has 1 amide bonds. The van der Waals surface area contributed by atoms with Gasteiger partial charge in [0.1, 0.15) is 0 Å². The number of thiazole rings is 1. The van der Waals surface area contributed by atoms with Crippen LogP contribution in [0.15, 0.2) is 29.6 Å². The van der Waals surface area contributed by atoms with Gasteiger partial charge in [-0.3, -0.25) is 9.79 Å². The first-order chi connectivity index (χ1) is 14.7. The molecule has 0 spiro atoms. The Morgan fingerprint density at radius 3 is 2.53 bits per heavy atom. The Morgan fingerprint density at radius 1 is 1.13 bits per heavy atom. The molecule has 0 unspecified atom stereocenters. The molecule has 3 rings (SSSR count). The molecule has 2 aromatic rings. The third-order valence-corrected chi connectivity index (χ3v) is 6.10. The first kappa shape index (κ1) is 21.9. The summed E-state index contributed by atoms with van der Waals surface area (Å²) in [6.07, 6.45) is 7.76. The predicted octanol–water partition coefficient (Wildman–Crippen LogP) is 0.942. The Bertz CT molecular complexity index is 817. The fraction of sp³-hybridized carbons (Fsp3) is 0.550. The van der Waals surface area contributed by atoms with E-state index in [1.807, 2.05) is 11.1 Å². The lowest BCUT2D eigenvalue weighted by molar-refractivity contribution is -0.131. The van der Waals surface area contributed by atoms with E-state index in [1.54, 1.807) is 36.8 Å². The van der Waals surface area contributed by atoms with Crippen LogP contribution in [-0.4, -0.2) is 78.0 Å². The van der Waals surface area contributed by atoms with Crippen LogP contribution in [0.3, 0.4) is 0 Å². The summed E-state index contributed by atoms with van der Waals surface area (Å²) in [7, 11) is 1.74. The largest absolute Gasteiger partial charge is 0.356 e. The van der Waals surface area contributed by atoms with Gasteiger partial charge in [0.25, 0.3) is 0 Å². The van der Waals surface area contributed by atoms with Crippen molar-refractivity contribution in [2.45, 2.75) is 26.2 Å². The van der Waals surface area contributed by atoms with Crippen LogP contribution < -0.4 is 15.5 Å². The van der Waals surface area contributed by atoms with Crippen LogP contribution in [0.1, 0.15) is 23.2 Å². The lowest BCUT2D eigenvalue weighted by atomic mass is 10.3. The Morgan fingerprint density at radius 2 is 1.87 bits per heavy atom. The van der Waals surface area contributed by atoms with Crippen LogP contribution >= 0.6 is 11.3 Å². The number of rotatable bonds is 8. The summed E-state index contributed by atoms with van der Waals surface area (Å²) < 4.78 is 0. The number of carbonyl (C=O) groups is 1. The van der Waals surface area contributed by atoms with Gasteiger partial charge in [-0.05, 0) is 12.5 Å². The van der Waals surface area contributed by atoms with Crippen LogP contribution in [0, 0.1) is 0 Å². The summed E-state index contributed by atoms with van der Waals surface area (Å²) in [5.74, 6) is 1.59. The van der Waals surface area contributed by atoms with Crippen molar-refractivity contribution < 1.29 is 4.79 Å². The molecule has 30 heavy (non-hydrogen) atoms. The van der Waals surface area contributed by atoms with Crippen molar-refractivity contribution in [3.8, 4) is 0 Å². The minimum absolute atomic E-state index is 0.154. The second-order valence-electron chi connectivity index (χ2n) is 6.92. The first-order valence-electron chi connectivity index (χ1n) is 10.4. The van der Waals surface area contributed by atoms with Gasteiger partial charge in [0.15, 0.2) is 5.96 Å². The molecule has 0 atom stereocenters. The molecule has 2 aromatic heterocycles. The molecule has 2 N–H and O–H groups in total. The molecule has 0 bridgehead atoms. The minimum atomic E-state index is 0.154. The molecule has 1 aliphatic heterocycles. The number of nitrogens with one attached hydrogen (secondary N) is 2. The summed E-state index contributed by atoms with van der Waals surface area (Å²) >= 11 is 1.76. The third kappa shape index (κ3) is 6.38. The zero-order valence-corrected chi connectivity index (χ0v) is 18.5. The molecule has 1 saturated heterocycles. The zero-order chi connectivity index (χ0) is 21.2. The smallest absolute Gasteiger partial charge is 0.225 e. The van der Waals surface area contributed by atoms with Crippen LogP contribution in [0.4, 0.5) is 5.95 Å². The highest BCUT2D eigenvalue weighted by atomic mass is 32.1. The Hall–Kier alpha value is -2.75. The molecule has 9 nitrogen and oxygen atoms in total. The number of nitrogens with zero attached hydrogens (tertiary/aromatic N) is 6. The average Bonchev–Trinajstić information content (AvgIpc) is 3.26. The van der Waals surface area contributed by atoms with Gasteiger partial charge in [-0.15, -0.1) is 11.3 Å². The number of hydrogen-bond donors (Lipinski definition) is 2. The van der Waals surface area contributed by atoms with Gasteiger partial charge in [0.2, 0.25) is 11.9 Å². The van der Waals surface area contributed by atoms with E-state index in [-0.39, 0.29) is 5.91 Å². The fourth-order valence-corrected chi connectivity index (χ4v) is 4.05. The van der Waals surface area contributed by atoms with Crippen LogP contribution in [-0.2, 0) is 17.6 Å². The Labute approximate surface area is 181 Å². The molecular formula is C20H30N8OS. The number of piperazine rings is 1. The molecule has 0 radical (unpaired) electrons. The quantitative estimate of drug-likeness (QED) is 0.475. The maximum Gasteiger partial charge on any atom is 0.225 e.